The van der Waals surface area contributed by atoms with Crippen LogP contribution in [0.15, 0.2) is 24.3 Å². The van der Waals surface area contributed by atoms with Gasteiger partial charge in [0.05, 0.1) is 0 Å². The third-order valence-electron chi connectivity index (χ3n) is 2.66. The first kappa shape index (κ1) is 18.3. The maximum absolute atomic E-state index is 11.6. The standard InChI is InChI=1S/C14H22N2OS.ClH/c1-11(15)3-8-14(17)16-13-6-4-12(5-7-13)9-10-18-2;/h4-7,11H,3,8-10,15H2,1-2H3,(H,16,17);1H. The zero-order valence-corrected chi connectivity index (χ0v) is 13.2. The van der Waals surface area contributed by atoms with Crippen LogP contribution in [0, 0.1) is 0 Å². The number of aryl methyl sites for hydroxylation is 1. The summed E-state index contributed by atoms with van der Waals surface area (Å²) in [6, 6.07) is 8.12. The summed E-state index contributed by atoms with van der Waals surface area (Å²) in [7, 11) is 0. The van der Waals surface area contributed by atoms with Gasteiger partial charge in [0.15, 0.2) is 0 Å². The van der Waals surface area contributed by atoms with E-state index >= 15 is 0 Å². The van der Waals surface area contributed by atoms with E-state index in [0.29, 0.717) is 6.42 Å². The second kappa shape index (κ2) is 10.1. The molecule has 1 aromatic rings. The van der Waals surface area contributed by atoms with Crippen molar-refractivity contribution in [2.45, 2.75) is 32.2 Å². The molecule has 0 fully saturated rings. The van der Waals surface area contributed by atoms with E-state index in [1.54, 1.807) is 0 Å². The van der Waals surface area contributed by atoms with Crippen molar-refractivity contribution in [1.29, 1.82) is 0 Å². The molecule has 5 heteroatoms. The Morgan fingerprint density at radius 2 is 2.00 bits per heavy atom. The molecule has 0 aliphatic rings. The highest BCUT2D eigenvalue weighted by atomic mass is 35.5. The molecule has 0 radical (unpaired) electrons. The molecule has 0 aliphatic heterocycles. The smallest absolute Gasteiger partial charge is 0.224 e. The minimum absolute atomic E-state index is 0. The minimum atomic E-state index is 0. The molecule has 3 N–H and O–H groups in total. The summed E-state index contributed by atoms with van der Waals surface area (Å²) in [5, 5.41) is 2.88. The van der Waals surface area contributed by atoms with Gasteiger partial charge in [-0.25, -0.2) is 0 Å². The highest BCUT2D eigenvalue weighted by Gasteiger charge is 2.04. The lowest BCUT2D eigenvalue weighted by Gasteiger charge is -2.07. The molecule has 0 aromatic heterocycles. The van der Waals surface area contributed by atoms with Crippen molar-refractivity contribution in [2.75, 3.05) is 17.3 Å². The van der Waals surface area contributed by atoms with Gasteiger partial charge in [-0.2, -0.15) is 11.8 Å². The molecule has 3 nitrogen and oxygen atoms in total. The minimum Gasteiger partial charge on any atom is -0.328 e. The van der Waals surface area contributed by atoms with Gasteiger partial charge in [-0.3, -0.25) is 4.79 Å². The number of carbonyl (C=O) groups is 1. The molecule has 1 aromatic carbocycles. The Bertz CT molecular complexity index is 368. The van der Waals surface area contributed by atoms with Gasteiger partial charge in [-0.15, -0.1) is 12.4 Å². The van der Waals surface area contributed by atoms with Crippen LogP contribution in [-0.4, -0.2) is 24.0 Å². The molecule has 0 bridgehead atoms. The number of carbonyl (C=O) groups excluding carboxylic acids is 1. The first-order valence-electron chi connectivity index (χ1n) is 6.25. The summed E-state index contributed by atoms with van der Waals surface area (Å²) in [4.78, 5) is 11.6. The molecule has 1 rings (SSSR count). The van der Waals surface area contributed by atoms with E-state index in [1.165, 1.54) is 5.56 Å². The molecular weight excluding hydrogens is 280 g/mol. The number of nitrogens with one attached hydrogen (secondary N) is 1. The van der Waals surface area contributed by atoms with Gasteiger partial charge in [0.25, 0.3) is 0 Å². The lowest BCUT2D eigenvalue weighted by Crippen LogP contribution is -2.19. The molecule has 0 spiro atoms. The third kappa shape index (κ3) is 8.14. The quantitative estimate of drug-likeness (QED) is 0.814. The molecule has 19 heavy (non-hydrogen) atoms. The molecule has 1 amide bonds. The Kier molecular flexibility index (Phi) is 9.74. The molecule has 0 heterocycles. The number of benzene rings is 1. The average molecular weight is 303 g/mol. The first-order valence-corrected chi connectivity index (χ1v) is 7.64. The maximum atomic E-state index is 11.6. The van der Waals surface area contributed by atoms with Crippen molar-refractivity contribution >= 4 is 35.8 Å². The van der Waals surface area contributed by atoms with Crippen LogP contribution in [0.2, 0.25) is 0 Å². The summed E-state index contributed by atoms with van der Waals surface area (Å²) in [6.07, 6.45) is 4.37. The number of nitrogens with two attached hydrogens (primary N) is 1. The summed E-state index contributed by atoms with van der Waals surface area (Å²) >= 11 is 1.84. The maximum Gasteiger partial charge on any atom is 0.224 e. The largest absolute Gasteiger partial charge is 0.328 e. The number of hydrogen-bond acceptors (Lipinski definition) is 3. The fourth-order valence-electron chi connectivity index (χ4n) is 1.56. The molecule has 1 atom stereocenters. The summed E-state index contributed by atoms with van der Waals surface area (Å²) < 4.78 is 0. The zero-order valence-electron chi connectivity index (χ0n) is 11.5. The molecule has 0 saturated carbocycles. The number of thioether (sulfide) groups is 1. The van der Waals surface area contributed by atoms with Crippen LogP contribution in [-0.2, 0) is 11.2 Å². The lowest BCUT2D eigenvalue weighted by atomic mass is 10.1. The van der Waals surface area contributed by atoms with E-state index in [9.17, 15) is 4.79 Å². The molecule has 0 aliphatic carbocycles. The van der Waals surface area contributed by atoms with E-state index < -0.39 is 0 Å². The summed E-state index contributed by atoms with van der Waals surface area (Å²) in [6.45, 7) is 1.91. The lowest BCUT2D eigenvalue weighted by molar-refractivity contribution is -0.116. The number of halogens is 1. The Balaban J connectivity index is 0.00000324. The highest BCUT2D eigenvalue weighted by Crippen LogP contribution is 2.12. The van der Waals surface area contributed by atoms with Crippen LogP contribution in [0.1, 0.15) is 25.3 Å². The number of anilines is 1. The van der Waals surface area contributed by atoms with Crippen molar-refractivity contribution in [3.8, 4) is 0 Å². The van der Waals surface area contributed by atoms with E-state index in [2.05, 4.69) is 23.7 Å². The van der Waals surface area contributed by atoms with Crippen LogP contribution in [0.4, 0.5) is 5.69 Å². The van der Waals surface area contributed by atoms with Crippen molar-refractivity contribution in [1.82, 2.24) is 0 Å². The Morgan fingerprint density at radius 1 is 1.37 bits per heavy atom. The average Bonchev–Trinajstić information content (AvgIpc) is 2.35. The Morgan fingerprint density at radius 3 is 2.53 bits per heavy atom. The van der Waals surface area contributed by atoms with Crippen molar-refractivity contribution in [3.05, 3.63) is 29.8 Å². The zero-order chi connectivity index (χ0) is 13.4. The van der Waals surface area contributed by atoms with Gasteiger partial charge in [0.2, 0.25) is 5.91 Å². The van der Waals surface area contributed by atoms with Gasteiger partial charge in [0, 0.05) is 18.2 Å². The van der Waals surface area contributed by atoms with Gasteiger partial charge in [0.1, 0.15) is 0 Å². The topological polar surface area (TPSA) is 55.1 Å². The monoisotopic (exact) mass is 302 g/mol. The Labute approximate surface area is 126 Å². The van der Waals surface area contributed by atoms with Crippen molar-refractivity contribution in [2.24, 2.45) is 5.73 Å². The van der Waals surface area contributed by atoms with Crippen LogP contribution in [0.5, 0.6) is 0 Å². The number of rotatable bonds is 7. The summed E-state index contributed by atoms with van der Waals surface area (Å²) in [5.74, 6) is 1.16. The van der Waals surface area contributed by atoms with Crippen LogP contribution in [0.3, 0.4) is 0 Å². The van der Waals surface area contributed by atoms with Crippen LogP contribution < -0.4 is 11.1 Å². The number of amides is 1. The second-order valence-electron chi connectivity index (χ2n) is 4.50. The second-order valence-corrected chi connectivity index (χ2v) is 5.49. The SMILES string of the molecule is CSCCc1ccc(NC(=O)CCC(C)N)cc1.Cl. The van der Waals surface area contributed by atoms with E-state index in [-0.39, 0.29) is 24.4 Å². The molecule has 0 saturated heterocycles. The van der Waals surface area contributed by atoms with Crippen LogP contribution in [0.25, 0.3) is 0 Å². The highest BCUT2D eigenvalue weighted by molar-refractivity contribution is 7.98. The fraction of sp³-hybridized carbons (Fsp3) is 0.500. The number of hydrogen-bond donors (Lipinski definition) is 2. The van der Waals surface area contributed by atoms with Gasteiger partial charge in [-0.05, 0) is 49.5 Å². The predicted octanol–water partition coefficient (Wildman–Crippen LogP) is 3.08. The van der Waals surface area contributed by atoms with Crippen molar-refractivity contribution in [3.63, 3.8) is 0 Å². The van der Waals surface area contributed by atoms with E-state index in [1.807, 2.05) is 30.8 Å². The van der Waals surface area contributed by atoms with Crippen LogP contribution >= 0.6 is 24.2 Å². The normalized spacial score (nSPS) is 11.5. The third-order valence-corrected chi connectivity index (χ3v) is 3.27. The fourth-order valence-corrected chi connectivity index (χ4v) is 2.00. The predicted molar refractivity (Wildman–Crippen MR) is 87.3 cm³/mol. The van der Waals surface area contributed by atoms with Crippen molar-refractivity contribution < 1.29 is 4.79 Å². The molecule has 1 unspecified atom stereocenters. The van der Waals surface area contributed by atoms with E-state index in [4.69, 9.17) is 5.73 Å². The Hall–Kier alpha value is -0.710. The first-order chi connectivity index (χ1) is 8.61. The van der Waals surface area contributed by atoms with Gasteiger partial charge in [-0.1, -0.05) is 12.1 Å². The van der Waals surface area contributed by atoms with Gasteiger partial charge >= 0.3 is 0 Å². The van der Waals surface area contributed by atoms with Gasteiger partial charge < -0.3 is 11.1 Å². The molecule has 108 valence electrons. The van der Waals surface area contributed by atoms with E-state index in [0.717, 1.165) is 24.3 Å². The summed E-state index contributed by atoms with van der Waals surface area (Å²) in [5.41, 5.74) is 7.78. The molecular formula is C14H23ClN2OS.